The Balaban J connectivity index is 0. The first-order chi connectivity index (χ1) is 7.19. The van der Waals surface area contributed by atoms with E-state index < -0.39 is 55.4 Å². The summed E-state index contributed by atoms with van der Waals surface area (Å²) in [6.07, 6.45) is -2.29. The molecule has 0 spiro atoms. The molecule has 0 radical (unpaired) electrons. The number of carboxylic acids is 3. The average molecular weight is 272 g/mol. The zero-order valence-corrected chi connectivity index (χ0v) is 9.31. The van der Waals surface area contributed by atoms with Crippen LogP contribution < -0.4 is 0 Å². The molecule has 0 aromatic rings. The molecule has 16 heavy (non-hydrogen) atoms. The maximum absolute atomic E-state index is 10.3. The van der Waals surface area contributed by atoms with Gasteiger partial charge in [-0.1, -0.05) is 0 Å². The van der Waals surface area contributed by atoms with Crippen LogP contribution in [0.4, 0.5) is 0 Å². The molecule has 9 nitrogen and oxygen atoms in total. The molecule has 0 rings (SSSR count). The SMILES string of the molecule is O=C(O)CC(O)(CC(=O)O)C(=O)O.[O]=[Ti]=[O]. The molecule has 0 aromatic carbocycles. The number of hydrogen-bond acceptors (Lipinski definition) is 6. The maximum atomic E-state index is 10.3. The van der Waals surface area contributed by atoms with Gasteiger partial charge in [-0.15, -0.1) is 0 Å². The van der Waals surface area contributed by atoms with Gasteiger partial charge in [-0.2, -0.15) is 0 Å². The van der Waals surface area contributed by atoms with Crippen molar-refractivity contribution in [2.75, 3.05) is 0 Å². The van der Waals surface area contributed by atoms with Gasteiger partial charge in [-0.05, 0) is 0 Å². The minimum atomic E-state index is -2.74. The summed E-state index contributed by atoms with van der Waals surface area (Å²) in [5.41, 5.74) is -2.74. The molecule has 0 bridgehead atoms. The van der Waals surface area contributed by atoms with Crippen LogP contribution in [0.5, 0.6) is 0 Å². The summed E-state index contributed by atoms with van der Waals surface area (Å²) < 4.78 is 17.0. The fourth-order valence-electron chi connectivity index (χ4n) is 0.714. The Labute approximate surface area is 97.3 Å². The quantitative estimate of drug-likeness (QED) is 0.436. The van der Waals surface area contributed by atoms with Crippen LogP contribution in [0.15, 0.2) is 0 Å². The van der Waals surface area contributed by atoms with Gasteiger partial charge < -0.3 is 20.4 Å². The van der Waals surface area contributed by atoms with Gasteiger partial charge in [0.15, 0.2) is 5.60 Å². The normalized spacial score (nSPS) is 9.31. The first-order valence-electron chi connectivity index (χ1n) is 3.58. The van der Waals surface area contributed by atoms with Gasteiger partial charge in [-0.3, -0.25) is 9.59 Å². The third kappa shape index (κ3) is 8.03. The molecule has 0 fully saturated rings. The number of aliphatic hydroxyl groups is 1. The van der Waals surface area contributed by atoms with Gasteiger partial charge >= 0.3 is 43.6 Å². The molecule has 0 amide bonds. The molecule has 4 N–H and O–H groups in total. The molecule has 0 aromatic heterocycles. The van der Waals surface area contributed by atoms with Crippen molar-refractivity contribution < 1.29 is 60.5 Å². The van der Waals surface area contributed by atoms with Crippen molar-refractivity contribution in [3.05, 3.63) is 0 Å². The van der Waals surface area contributed by atoms with Gasteiger partial charge in [-0.25, -0.2) is 4.79 Å². The van der Waals surface area contributed by atoms with Crippen LogP contribution in [0.3, 0.4) is 0 Å². The summed E-state index contributed by atoms with van der Waals surface area (Å²) >= 11 is -2.00. The second kappa shape index (κ2) is 7.91. The molecule has 10 heteroatoms. The number of carbonyl (C=O) groups is 3. The molecule has 0 aliphatic heterocycles. The Hall–Kier alpha value is -1.32. The predicted molar refractivity (Wildman–Crippen MR) is 38.5 cm³/mol. The van der Waals surface area contributed by atoms with Crippen molar-refractivity contribution >= 4 is 17.9 Å². The van der Waals surface area contributed by atoms with Gasteiger partial charge in [0.05, 0.1) is 12.8 Å². The van der Waals surface area contributed by atoms with Crippen molar-refractivity contribution in [1.29, 1.82) is 0 Å². The van der Waals surface area contributed by atoms with Crippen molar-refractivity contribution in [1.82, 2.24) is 0 Å². The molecular formula is C6H8O9Ti. The van der Waals surface area contributed by atoms with Gasteiger partial charge in [0.2, 0.25) is 0 Å². The van der Waals surface area contributed by atoms with Crippen LogP contribution in [0, 0.1) is 0 Å². The molecule has 90 valence electrons. The van der Waals surface area contributed by atoms with Crippen molar-refractivity contribution in [2.45, 2.75) is 18.4 Å². The molecule has 0 aliphatic rings. The molecule has 0 atom stereocenters. The second-order valence-electron chi connectivity index (χ2n) is 2.56. The predicted octanol–water partition coefficient (Wildman–Crippen LogP) is -1.49. The van der Waals surface area contributed by atoms with Crippen molar-refractivity contribution in [2.24, 2.45) is 0 Å². The molecular weight excluding hydrogens is 264 g/mol. The molecule has 0 heterocycles. The van der Waals surface area contributed by atoms with E-state index in [1.54, 1.807) is 0 Å². The molecule has 0 aliphatic carbocycles. The van der Waals surface area contributed by atoms with E-state index >= 15 is 0 Å². The van der Waals surface area contributed by atoms with E-state index in [1.807, 2.05) is 0 Å². The summed E-state index contributed by atoms with van der Waals surface area (Å²) in [7, 11) is 0. The Morgan fingerprint density at radius 3 is 1.31 bits per heavy atom. The number of carboxylic acid groups (broad SMARTS) is 3. The number of hydrogen-bond donors (Lipinski definition) is 4. The van der Waals surface area contributed by atoms with Crippen LogP contribution in [-0.2, 0) is 40.1 Å². The average Bonchev–Trinajstić information content (AvgIpc) is 2.01. The zero-order valence-electron chi connectivity index (χ0n) is 7.74. The Morgan fingerprint density at radius 1 is 0.938 bits per heavy atom. The van der Waals surface area contributed by atoms with E-state index in [2.05, 4.69) is 0 Å². The van der Waals surface area contributed by atoms with Crippen LogP contribution in [-0.4, -0.2) is 43.9 Å². The summed E-state index contributed by atoms with van der Waals surface area (Å²) in [6, 6.07) is 0. The van der Waals surface area contributed by atoms with Crippen LogP contribution in [0.25, 0.3) is 0 Å². The van der Waals surface area contributed by atoms with E-state index in [1.165, 1.54) is 0 Å². The van der Waals surface area contributed by atoms with Gasteiger partial charge in [0.1, 0.15) is 0 Å². The van der Waals surface area contributed by atoms with Gasteiger partial charge in [0.25, 0.3) is 0 Å². The fourth-order valence-corrected chi connectivity index (χ4v) is 0.714. The number of aliphatic carboxylic acids is 3. The van der Waals surface area contributed by atoms with E-state index in [4.69, 9.17) is 27.1 Å². The Morgan fingerprint density at radius 2 is 1.19 bits per heavy atom. The fraction of sp³-hybridized carbons (Fsp3) is 0.500. The molecule has 0 saturated heterocycles. The summed E-state index contributed by atoms with van der Waals surface area (Å²) in [5.74, 6) is -5.02. The Bertz CT molecular complexity index is 300. The van der Waals surface area contributed by atoms with Gasteiger partial charge in [0, 0.05) is 0 Å². The van der Waals surface area contributed by atoms with E-state index in [-0.39, 0.29) is 0 Å². The van der Waals surface area contributed by atoms with Crippen molar-refractivity contribution in [3.63, 3.8) is 0 Å². The standard InChI is InChI=1S/C6H8O7.2O.Ti/c7-3(8)1-6(13,5(11)12)2-4(9)10;;;/h13H,1-2H2,(H,7,8)(H,9,10)(H,11,12);;;. The third-order valence-electron chi connectivity index (χ3n) is 1.29. The summed E-state index contributed by atoms with van der Waals surface area (Å²) in [5, 5.41) is 33.8. The summed E-state index contributed by atoms with van der Waals surface area (Å²) in [6.45, 7) is 0. The van der Waals surface area contributed by atoms with E-state index in [0.29, 0.717) is 0 Å². The minimum absolute atomic E-state index is 1.14. The van der Waals surface area contributed by atoms with Crippen LogP contribution >= 0.6 is 0 Å². The second-order valence-corrected chi connectivity index (χ2v) is 2.82. The number of rotatable bonds is 5. The zero-order chi connectivity index (χ0) is 13.4. The molecule has 0 saturated carbocycles. The van der Waals surface area contributed by atoms with Crippen LogP contribution in [0.2, 0.25) is 0 Å². The van der Waals surface area contributed by atoms with E-state index in [9.17, 15) is 14.4 Å². The third-order valence-corrected chi connectivity index (χ3v) is 1.29. The molecule has 0 unspecified atom stereocenters. The van der Waals surface area contributed by atoms with E-state index in [0.717, 1.165) is 0 Å². The first kappa shape index (κ1) is 17.1. The van der Waals surface area contributed by atoms with Crippen molar-refractivity contribution in [3.8, 4) is 0 Å². The summed E-state index contributed by atoms with van der Waals surface area (Å²) in [4.78, 5) is 30.5. The monoisotopic (exact) mass is 272 g/mol. The topological polar surface area (TPSA) is 166 Å². The van der Waals surface area contributed by atoms with Crippen LogP contribution in [0.1, 0.15) is 12.8 Å². The Kier molecular flexibility index (Phi) is 8.45. The first-order valence-corrected chi connectivity index (χ1v) is 4.85.